The monoisotopic (exact) mass is 344 g/mol. The minimum atomic E-state index is 0.00334. The van der Waals surface area contributed by atoms with Gasteiger partial charge < -0.3 is 19.5 Å². The summed E-state index contributed by atoms with van der Waals surface area (Å²) >= 11 is 5.61. The topological polar surface area (TPSA) is 44.5 Å². The van der Waals surface area contributed by atoms with Gasteiger partial charge in [-0.1, -0.05) is 6.07 Å². The first kappa shape index (κ1) is 16.9. The Labute approximate surface area is 148 Å². The molecule has 0 saturated carbocycles. The molecule has 1 saturated heterocycles. The summed E-state index contributed by atoms with van der Waals surface area (Å²) in [6.07, 6.45) is 2.86. The van der Waals surface area contributed by atoms with E-state index in [0.29, 0.717) is 0 Å². The molecule has 2 atom stereocenters. The summed E-state index contributed by atoms with van der Waals surface area (Å²) in [5.74, 6) is 1.84. The molecule has 3 rings (SSSR count). The Morgan fingerprint density at radius 3 is 2.75 bits per heavy atom. The minimum absolute atomic E-state index is 0.00334. The van der Waals surface area contributed by atoms with Crippen LogP contribution in [0.25, 0.3) is 0 Å². The molecule has 0 radical (unpaired) electrons. The molecule has 0 unspecified atom stereocenters. The van der Waals surface area contributed by atoms with Crippen LogP contribution < -0.4 is 5.32 Å². The Morgan fingerprint density at radius 2 is 2.12 bits per heavy atom. The molecular weight excluding hydrogens is 320 g/mol. The fourth-order valence-electron chi connectivity index (χ4n) is 3.12. The molecule has 6 heteroatoms. The molecule has 1 aliphatic heterocycles. The van der Waals surface area contributed by atoms with Gasteiger partial charge in [0.25, 0.3) is 0 Å². The lowest BCUT2D eigenvalue weighted by atomic mass is 10.0. The first-order valence-electron chi connectivity index (χ1n) is 8.25. The van der Waals surface area contributed by atoms with Gasteiger partial charge in [-0.3, -0.25) is 4.98 Å². The molecule has 1 fully saturated rings. The average molecular weight is 344 g/mol. The van der Waals surface area contributed by atoms with Crippen LogP contribution in [-0.2, 0) is 0 Å². The third-order valence-electron chi connectivity index (χ3n) is 4.25. The third-order valence-corrected chi connectivity index (χ3v) is 4.61. The van der Waals surface area contributed by atoms with Crippen LogP contribution in [0.2, 0.25) is 0 Å². The van der Waals surface area contributed by atoms with E-state index in [1.54, 1.807) is 0 Å². The number of hydrogen-bond acceptors (Lipinski definition) is 4. The fourth-order valence-corrected chi connectivity index (χ4v) is 3.46. The first-order valence-corrected chi connectivity index (χ1v) is 8.66. The number of aromatic nitrogens is 1. The molecule has 5 nitrogen and oxygen atoms in total. The van der Waals surface area contributed by atoms with Crippen molar-refractivity contribution in [3.05, 3.63) is 53.7 Å². The second kappa shape index (κ2) is 7.32. The zero-order valence-corrected chi connectivity index (χ0v) is 15.2. The predicted molar refractivity (Wildman–Crippen MR) is 98.8 cm³/mol. The highest BCUT2D eigenvalue weighted by molar-refractivity contribution is 7.80. The van der Waals surface area contributed by atoms with Gasteiger partial charge in [-0.25, -0.2) is 0 Å². The van der Waals surface area contributed by atoms with Crippen LogP contribution in [0, 0.1) is 6.92 Å². The van der Waals surface area contributed by atoms with Gasteiger partial charge in [0.2, 0.25) is 0 Å². The Balaban J connectivity index is 1.88. The first-order chi connectivity index (χ1) is 11.6. The Kier molecular flexibility index (Phi) is 5.16. The molecule has 2 aromatic rings. The number of furan rings is 1. The maximum atomic E-state index is 5.95. The van der Waals surface area contributed by atoms with Crippen molar-refractivity contribution in [2.75, 3.05) is 27.2 Å². The van der Waals surface area contributed by atoms with Crippen molar-refractivity contribution in [1.29, 1.82) is 0 Å². The Hall–Kier alpha value is -1.92. The highest BCUT2D eigenvalue weighted by atomic mass is 32.1. The fraction of sp³-hybridized carbons (Fsp3) is 0.444. The summed E-state index contributed by atoms with van der Waals surface area (Å²) in [5, 5.41) is 4.20. The van der Waals surface area contributed by atoms with E-state index in [1.807, 2.05) is 43.5 Å². The average Bonchev–Trinajstić information content (AvgIpc) is 3.12. The van der Waals surface area contributed by atoms with E-state index < -0.39 is 0 Å². The van der Waals surface area contributed by atoms with E-state index in [4.69, 9.17) is 16.6 Å². The maximum absolute atomic E-state index is 5.95. The molecule has 1 N–H and O–H groups in total. The molecule has 24 heavy (non-hydrogen) atoms. The van der Waals surface area contributed by atoms with Gasteiger partial charge in [0, 0.05) is 12.7 Å². The number of nitrogens with one attached hydrogen (secondary N) is 1. The van der Waals surface area contributed by atoms with Crippen molar-refractivity contribution >= 4 is 17.3 Å². The molecule has 0 aliphatic carbocycles. The standard InChI is InChI=1S/C18H24N4OS/c1-13-8-9-15(23-13)17-16(14-7-4-5-10-19-14)20-18(24)22(17)12-6-11-21(2)3/h4-5,7-10,16-17H,6,11-12H2,1-3H3,(H,20,24)/t16-,17-/m1/s1. The van der Waals surface area contributed by atoms with Gasteiger partial charge in [-0.05, 0) is 70.5 Å². The van der Waals surface area contributed by atoms with Crippen molar-refractivity contribution < 1.29 is 4.42 Å². The summed E-state index contributed by atoms with van der Waals surface area (Å²) in [4.78, 5) is 8.94. The van der Waals surface area contributed by atoms with Crippen LogP contribution in [-0.4, -0.2) is 47.1 Å². The van der Waals surface area contributed by atoms with Gasteiger partial charge in [0.05, 0.1) is 11.7 Å². The van der Waals surface area contributed by atoms with E-state index in [1.165, 1.54) is 0 Å². The number of nitrogens with zero attached hydrogens (tertiary/aromatic N) is 3. The Bertz CT molecular complexity index is 685. The van der Waals surface area contributed by atoms with E-state index >= 15 is 0 Å². The highest BCUT2D eigenvalue weighted by Gasteiger charge is 2.41. The molecular formula is C18H24N4OS. The van der Waals surface area contributed by atoms with Crippen molar-refractivity contribution in [3.63, 3.8) is 0 Å². The Morgan fingerprint density at radius 1 is 1.29 bits per heavy atom. The zero-order valence-electron chi connectivity index (χ0n) is 14.4. The third kappa shape index (κ3) is 3.60. The molecule has 0 bridgehead atoms. The minimum Gasteiger partial charge on any atom is -0.464 e. The zero-order chi connectivity index (χ0) is 17.1. The molecule has 0 amide bonds. The van der Waals surface area contributed by atoms with E-state index in [9.17, 15) is 0 Å². The van der Waals surface area contributed by atoms with Crippen molar-refractivity contribution in [2.45, 2.75) is 25.4 Å². The summed E-state index contributed by atoms with van der Waals surface area (Å²) < 4.78 is 5.95. The SMILES string of the molecule is Cc1ccc([C@@H]2[C@@H](c3ccccn3)NC(=S)N2CCCN(C)C)o1. The quantitative estimate of drug-likeness (QED) is 0.813. The number of hydrogen-bond donors (Lipinski definition) is 1. The van der Waals surface area contributed by atoms with Crippen LogP contribution in [0.5, 0.6) is 0 Å². The van der Waals surface area contributed by atoms with Crippen LogP contribution >= 0.6 is 12.2 Å². The normalized spacial score (nSPS) is 20.7. The molecule has 2 aromatic heterocycles. The van der Waals surface area contributed by atoms with E-state index in [0.717, 1.165) is 41.8 Å². The summed E-state index contributed by atoms with van der Waals surface area (Å²) in [6.45, 7) is 3.88. The van der Waals surface area contributed by atoms with Crippen LogP contribution in [0.1, 0.15) is 35.7 Å². The van der Waals surface area contributed by atoms with Crippen molar-refractivity contribution in [2.24, 2.45) is 0 Å². The lowest BCUT2D eigenvalue weighted by Crippen LogP contribution is -2.32. The number of thiocarbonyl (C=S) groups is 1. The molecule has 0 spiro atoms. The predicted octanol–water partition coefficient (Wildman–Crippen LogP) is 2.91. The summed E-state index contributed by atoms with van der Waals surface area (Å²) in [5.41, 5.74) is 0.981. The van der Waals surface area contributed by atoms with Crippen LogP contribution in [0.4, 0.5) is 0 Å². The van der Waals surface area contributed by atoms with Crippen LogP contribution in [0.15, 0.2) is 40.9 Å². The van der Waals surface area contributed by atoms with Crippen LogP contribution in [0.3, 0.4) is 0 Å². The molecule has 3 heterocycles. The molecule has 0 aromatic carbocycles. The van der Waals surface area contributed by atoms with Crippen molar-refractivity contribution in [1.82, 2.24) is 20.1 Å². The number of rotatable bonds is 6. The second-order valence-corrected chi connectivity index (χ2v) is 6.81. The highest BCUT2D eigenvalue weighted by Crippen LogP contribution is 2.39. The van der Waals surface area contributed by atoms with Gasteiger partial charge in [-0.15, -0.1) is 0 Å². The largest absolute Gasteiger partial charge is 0.464 e. The summed E-state index contributed by atoms with van der Waals surface area (Å²) in [7, 11) is 4.18. The van der Waals surface area contributed by atoms with Gasteiger partial charge >= 0.3 is 0 Å². The lowest BCUT2D eigenvalue weighted by molar-refractivity contribution is 0.257. The molecule has 128 valence electrons. The maximum Gasteiger partial charge on any atom is 0.170 e. The molecule has 1 aliphatic rings. The second-order valence-electron chi connectivity index (χ2n) is 6.43. The van der Waals surface area contributed by atoms with Gasteiger partial charge in [0.1, 0.15) is 17.6 Å². The summed E-state index contributed by atoms with van der Waals surface area (Å²) in [6, 6.07) is 10.1. The smallest absolute Gasteiger partial charge is 0.170 e. The van der Waals surface area contributed by atoms with E-state index in [2.05, 4.69) is 34.2 Å². The number of pyridine rings is 1. The van der Waals surface area contributed by atoms with Gasteiger partial charge in [-0.2, -0.15) is 0 Å². The van der Waals surface area contributed by atoms with Gasteiger partial charge in [0.15, 0.2) is 5.11 Å². The van der Waals surface area contributed by atoms with E-state index in [-0.39, 0.29) is 12.1 Å². The van der Waals surface area contributed by atoms with Crippen molar-refractivity contribution in [3.8, 4) is 0 Å². The number of aryl methyl sites for hydroxylation is 1. The lowest BCUT2D eigenvalue weighted by Gasteiger charge is -2.26.